The molecule has 0 spiro atoms. The molecule has 5 heteroatoms. The van der Waals surface area contributed by atoms with Gasteiger partial charge >= 0.3 is 5.97 Å². The molecule has 0 aliphatic heterocycles. The van der Waals surface area contributed by atoms with E-state index in [9.17, 15) is 4.79 Å². The monoisotopic (exact) mass is 287 g/mol. The number of rotatable bonds is 6. The van der Waals surface area contributed by atoms with Gasteiger partial charge in [0.15, 0.2) is 5.82 Å². The number of aryl methyl sites for hydroxylation is 2. The molecule has 1 unspecified atom stereocenters. The lowest BCUT2D eigenvalue weighted by molar-refractivity contribution is -0.144. The molecular formula is C16H21N3O2. The highest BCUT2D eigenvalue weighted by Crippen LogP contribution is 2.24. The number of hydrogen-bond donors (Lipinski definition) is 1. The summed E-state index contributed by atoms with van der Waals surface area (Å²) in [6.07, 6.45) is 1.79. The smallest absolute Gasteiger partial charge is 0.321 e. The minimum atomic E-state index is -0.577. The van der Waals surface area contributed by atoms with Crippen molar-refractivity contribution in [2.45, 2.75) is 39.5 Å². The summed E-state index contributed by atoms with van der Waals surface area (Å²) < 4.78 is 5.19. The fourth-order valence-electron chi connectivity index (χ4n) is 2.25. The van der Waals surface area contributed by atoms with Crippen LogP contribution in [-0.2, 0) is 16.0 Å². The van der Waals surface area contributed by atoms with Gasteiger partial charge in [-0.15, -0.1) is 0 Å². The fraction of sp³-hybridized carbons (Fsp3) is 0.438. The average molecular weight is 287 g/mol. The lowest BCUT2D eigenvalue weighted by atomic mass is 9.97. The molecule has 2 aromatic rings. The van der Waals surface area contributed by atoms with E-state index in [1.54, 1.807) is 6.92 Å². The van der Waals surface area contributed by atoms with Crippen LogP contribution in [0.15, 0.2) is 24.3 Å². The van der Waals surface area contributed by atoms with Crippen molar-refractivity contribution >= 4 is 5.97 Å². The Morgan fingerprint density at radius 3 is 2.86 bits per heavy atom. The average Bonchev–Trinajstić information content (AvgIpc) is 2.88. The predicted octanol–water partition coefficient (Wildman–Crippen LogP) is 2.76. The first-order chi connectivity index (χ1) is 10.2. The molecule has 1 aromatic carbocycles. The van der Waals surface area contributed by atoms with E-state index in [0.717, 1.165) is 29.8 Å². The van der Waals surface area contributed by atoms with Gasteiger partial charge in [0.25, 0.3) is 0 Å². The van der Waals surface area contributed by atoms with Gasteiger partial charge in [0.2, 0.25) is 0 Å². The summed E-state index contributed by atoms with van der Waals surface area (Å²) in [5.74, 6) is 0.383. The summed E-state index contributed by atoms with van der Waals surface area (Å²) in [5, 5.41) is 7.11. The van der Waals surface area contributed by atoms with Crippen molar-refractivity contribution in [2.24, 2.45) is 0 Å². The third kappa shape index (κ3) is 3.68. The zero-order valence-corrected chi connectivity index (χ0v) is 12.7. The summed E-state index contributed by atoms with van der Waals surface area (Å²) in [7, 11) is 0. The number of esters is 1. The predicted molar refractivity (Wildman–Crippen MR) is 80.0 cm³/mol. The summed E-state index contributed by atoms with van der Waals surface area (Å²) in [6.45, 7) is 6.21. The van der Waals surface area contributed by atoms with E-state index in [4.69, 9.17) is 4.74 Å². The van der Waals surface area contributed by atoms with Gasteiger partial charge in [0, 0.05) is 6.42 Å². The van der Waals surface area contributed by atoms with Crippen molar-refractivity contribution in [3.05, 3.63) is 47.0 Å². The topological polar surface area (TPSA) is 67.9 Å². The Morgan fingerprint density at radius 1 is 1.38 bits per heavy atom. The molecule has 112 valence electrons. The molecular weight excluding hydrogens is 266 g/mol. The van der Waals surface area contributed by atoms with Crippen LogP contribution in [0.1, 0.15) is 49.0 Å². The number of aromatic nitrogens is 3. The maximum atomic E-state index is 12.3. The first-order valence-electron chi connectivity index (χ1n) is 7.30. The lowest BCUT2D eigenvalue weighted by Crippen LogP contribution is -2.18. The molecule has 21 heavy (non-hydrogen) atoms. The van der Waals surface area contributed by atoms with E-state index in [-0.39, 0.29) is 5.97 Å². The van der Waals surface area contributed by atoms with E-state index in [0.29, 0.717) is 12.4 Å². The van der Waals surface area contributed by atoms with Gasteiger partial charge in [-0.1, -0.05) is 36.8 Å². The van der Waals surface area contributed by atoms with Crippen LogP contribution in [0.4, 0.5) is 0 Å². The van der Waals surface area contributed by atoms with Crippen LogP contribution in [0, 0.1) is 6.92 Å². The molecule has 0 saturated carbocycles. The number of nitrogens with one attached hydrogen (secondary N) is 1. The molecule has 0 bridgehead atoms. The Bertz CT molecular complexity index is 607. The zero-order valence-electron chi connectivity index (χ0n) is 12.7. The van der Waals surface area contributed by atoms with E-state index in [2.05, 4.69) is 22.1 Å². The molecule has 5 nitrogen and oxygen atoms in total. The van der Waals surface area contributed by atoms with Crippen LogP contribution in [0.3, 0.4) is 0 Å². The number of H-pyrrole nitrogens is 1. The molecule has 0 radical (unpaired) electrons. The molecule has 1 N–H and O–H groups in total. The Kier molecular flexibility index (Phi) is 5.09. The maximum Gasteiger partial charge on any atom is 0.321 e. The number of ether oxygens (including phenoxy) is 1. The van der Waals surface area contributed by atoms with Crippen LogP contribution >= 0.6 is 0 Å². The Hall–Kier alpha value is -2.17. The molecule has 0 saturated heterocycles. The Morgan fingerprint density at radius 2 is 2.19 bits per heavy atom. The second-order valence-corrected chi connectivity index (χ2v) is 4.99. The van der Waals surface area contributed by atoms with Crippen molar-refractivity contribution in [3.63, 3.8) is 0 Å². The van der Waals surface area contributed by atoms with Gasteiger partial charge in [0.05, 0.1) is 6.61 Å². The largest absolute Gasteiger partial charge is 0.465 e. The molecule has 1 atom stereocenters. The molecule has 0 fully saturated rings. The van der Waals surface area contributed by atoms with E-state index >= 15 is 0 Å². The Labute approximate surface area is 124 Å². The van der Waals surface area contributed by atoms with Crippen LogP contribution in [0.2, 0.25) is 0 Å². The van der Waals surface area contributed by atoms with E-state index in [1.165, 1.54) is 0 Å². The van der Waals surface area contributed by atoms with E-state index in [1.807, 2.05) is 31.2 Å². The fourth-order valence-corrected chi connectivity index (χ4v) is 2.25. The molecule has 1 heterocycles. The van der Waals surface area contributed by atoms with Gasteiger partial charge in [0.1, 0.15) is 11.7 Å². The normalized spacial score (nSPS) is 12.1. The summed E-state index contributed by atoms with van der Waals surface area (Å²) in [5.41, 5.74) is 1.95. The maximum absolute atomic E-state index is 12.3. The molecule has 0 aliphatic carbocycles. The van der Waals surface area contributed by atoms with Crippen molar-refractivity contribution in [2.75, 3.05) is 6.61 Å². The first-order valence-corrected chi connectivity index (χ1v) is 7.30. The lowest BCUT2D eigenvalue weighted by Gasteiger charge is -2.13. The second-order valence-electron chi connectivity index (χ2n) is 4.99. The first kappa shape index (κ1) is 15.2. The van der Waals surface area contributed by atoms with Crippen molar-refractivity contribution in [3.8, 4) is 0 Å². The number of benzene rings is 1. The van der Waals surface area contributed by atoms with Gasteiger partial charge in [-0.05, 0) is 25.8 Å². The summed E-state index contributed by atoms with van der Waals surface area (Å²) >= 11 is 0. The van der Waals surface area contributed by atoms with Crippen LogP contribution in [0.5, 0.6) is 0 Å². The number of nitrogens with zero attached hydrogens (tertiary/aromatic N) is 2. The standard InChI is InChI=1S/C16H21N3O2/c1-4-7-13-17-15(19-18-13)14(16(20)21-5-2)12-9-6-8-11(3)10-12/h6,8-10,14H,4-5,7H2,1-3H3,(H,17,18,19). The third-order valence-corrected chi connectivity index (χ3v) is 3.19. The van der Waals surface area contributed by atoms with Gasteiger partial charge in [-0.2, -0.15) is 5.10 Å². The summed E-state index contributed by atoms with van der Waals surface area (Å²) in [6, 6.07) is 7.80. The second kappa shape index (κ2) is 7.02. The Balaban J connectivity index is 2.37. The number of aromatic amines is 1. The van der Waals surface area contributed by atoms with Crippen molar-refractivity contribution in [1.82, 2.24) is 15.2 Å². The van der Waals surface area contributed by atoms with Crippen LogP contribution in [0.25, 0.3) is 0 Å². The molecule has 0 aliphatic rings. The zero-order chi connectivity index (χ0) is 15.2. The van der Waals surface area contributed by atoms with E-state index < -0.39 is 5.92 Å². The highest BCUT2D eigenvalue weighted by molar-refractivity contribution is 5.81. The number of carbonyl (C=O) groups excluding carboxylic acids is 1. The van der Waals surface area contributed by atoms with Crippen LogP contribution in [-0.4, -0.2) is 27.8 Å². The van der Waals surface area contributed by atoms with Crippen molar-refractivity contribution < 1.29 is 9.53 Å². The number of carbonyl (C=O) groups is 1. The van der Waals surface area contributed by atoms with Crippen molar-refractivity contribution in [1.29, 1.82) is 0 Å². The SMILES string of the molecule is CCCc1nc(C(C(=O)OCC)c2cccc(C)c2)n[nH]1. The summed E-state index contributed by atoms with van der Waals surface area (Å²) in [4.78, 5) is 16.7. The highest BCUT2D eigenvalue weighted by atomic mass is 16.5. The minimum absolute atomic E-state index is 0.315. The third-order valence-electron chi connectivity index (χ3n) is 3.19. The number of hydrogen-bond acceptors (Lipinski definition) is 4. The highest BCUT2D eigenvalue weighted by Gasteiger charge is 2.28. The van der Waals surface area contributed by atoms with Gasteiger partial charge in [-0.3, -0.25) is 9.89 Å². The molecule has 0 amide bonds. The quantitative estimate of drug-likeness (QED) is 0.829. The molecule has 2 rings (SSSR count). The van der Waals surface area contributed by atoms with Gasteiger partial charge in [-0.25, -0.2) is 4.98 Å². The molecule has 1 aromatic heterocycles. The van der Waals surface area contributed by atoms with Crippen LogP contribution < -0.4 is 0 Å². The minimum Gasteiger partial charge on any atom is -0.465 e. The van der Waals surface area contributed by atoms with Gasteiger partial charge < -0.3 is 4.74 Å².